The monoisotopic (exact) mass is 307 g/mol. The number of nitrogens with zero attached hydrogens (tertiary/aromatic N) is 2. The molecular weight excluding hydrogens is 290 g/mol. The highest BCUT2D eigenvalue weighted by molar-refractivity contribution is 5.75. The van der Waals surface area contributed by atoms with Crippen molar-refractivity contribution in [3.63, 3.8) is 0 Å². The molecule has 0 aliphatic heterocycles. The molecular formula is C18H17N3O2. The predicted octanol–water partition coefficient (Wildman–Crippen LogP) is 3.84. The van der Waals surface area contributed by atoms with Crippen molar-refractivity contribution < 1.29 is 9.47 Å². The molecule has 0 saturated carbocycles. The maximum atomic E-state index is 6.20. The number of aryl methyl sites for hydroxylation is 1. The Kier molecular flexibility index (Phi) is 4.10. The van der Waals surface area contributed by atoms with E-state index in [0.29, 0.717) is 28.8 Å². The van der Waals surface area contributed by atoms with Gasteiger partial charge < -0.3 is 15.2 Å². The van der Waals surface area contributed by atoms with E-state index < -0.39 is 0 Å². The average Bonchev–Trinajstić information content (AvgIpc) is 2.58. The number of benzene rings is 2. The summed E-state index contributed by atoms with van der Waals surface area (Å²) < 4.78 is 11.1. The van der Waals surface area contributed by atoms with Crippen molar-refractivity contribution in [3.05, 3.63) is 60.4 Å². The van der Waals surface area contributed by atoms with Gasteiger partial charge in [-0.3, -0.25) is 0 Å². The molecule has 3 rings (SSSR count). The summed E-state index contributed by atoms with van der Waals surface area (Å²) in [5, 5.41) is 0. The first kappa shape index (κ1) is 14.8. The number of rotatable bonds is 4. The van der Waals surface area contributed by atoms with E-state index in [-0.39, 0.29) is 0 Å². The Labute approximate surface area is 134 Å². The minimum absolute atomic E-state index is 0.306. The SMILES string of the molecule is COc1ccccc1Oc1ncnc(-c2ccc(C)cc2)c1N. The van der Waals surface area contributed by atoms with Crippen LogP contribution in [0.5, 0.6) is 17.4 Å². The van der Waals surface area contributed by atoms with Gasteiger partial charge in [-0.15, -0.1) is 0 Å². The highest BCUT2D eigenvalue weighted by Crippen LogP contribution is 2.35. The van der Waals surface area contributed by atoms with Crippen LogP contribution < -0.4 is 15.2 Å². The van der Waals surface area contributed by atoms with Crippen molar-refractivity contribution >= 4 is 5.69 Å². The molecule has 0 fully saturated rings. The summed E-state index contributed by atoms with van der Waals surface area (Å²) in [6, 6.07) is 15.3. The summed E-state index contributed by atoms with van der Waals surface area (Å²) in [5.74, 6) is 1.47. The Morgan fingerprint density at radius 3 is 2.30 bits per heavy atom. The van der Waals surface area contributed by atoms with Gasteiger partial charge in [0.2, 0.25) is 5.88 Å². The molecule has 1 heterocycles. The van der Waals surface area contributed by atoms with Crippen LogP contribution in [0.1, 0.15) is 5.56 Å². The molecule has 3 aromatic rings. The van der Waals surface area contributed by atoms with Crippen molar-refractivity contribution in [2.24, 2.45) is 0 Å². The molecule has 23 heavy (non-hydrogen) atoms. The lowest BCUT2D eigenvalue weighted by molar-refractivity contribution is 0.374. The fraction of sp³-hybridized carbons (Fsp3) is 0.111. The second kappa shape index (κ2) is 6.36. The number of methoxy groups -OCH3 is 1. The molecule has 0 radical (unpaired) electrons. The van der Waals surface area contributed by atoms with Crippen LogP contribution in [0.2, 0.25) is 0 Å². The van der Waals surface area contributed by atoms with Gasteiger partial charge in [-0.2, -0.15) is 4.98 Å². The van der Waals surface area contributed by atoms with E-state index in [4.69, 9.17) is 15.2 Å². The van der Waals surface area contributed by atoms with Gasteiger partial charge in [0.25, 0.3) is 0 Å². The van der Waals surface area contributed by atoms with Crippen LogP contribution in [-0.4, -0.2) is 17.1 Å². The fourth-order valence-corrected chi connectivity index (χ4v) is 2.21. The summed E-state index contributed by atoms with van der Waals surface area (Å²) in [6.07, 6.45) is 1.44. The van der Waals surface area contributed by atoms with Gasteiger partial charge in [0, 0.05) is 5.56 Å². The van der Waals surface area contributed by atoms with Gasteiger partial charge in [0.1, 0.15) is 17.7 Å². The van der Waals surface area contributed by atoms with E-state index in [1.54, 1.807) is 13.2 Å². The third kappa shape index (κ3) is 3.08. The summed E-state index contributed by atoms with van der Waals surface area (Å²) in [6.45, 7) is 2.03. The topological polar surface area (TPSA) is 70.3 Å². The zero-order chi connectivity index (χ0) is 16.2. The second-order valence-electron chi connectivity index (χ2n) is 5.06. The molecule has 116 valence electrons. The lowest BCUT2D eigenvalue weighted by Gasteiger charge is -2.12. The highest BCUT2D eigenvalue weighted by atomic mass is 16.5. The third-order valence-corrected chi connectivity index (χ3v) is 3.45. The number of nitrogen functional groups attached to an aromatic ring is 1. The molecule has 0 aliphatic carbocycles. The van der Waals surface area contributed by atoms with E-state index in [2.05, 4.69) is 9.97 Å². The van der Waals surface area contributed by atoms with E-state index in [1.807, 2.05) is 49.4 Å². The van der Waals surface area contributed by atoms with Gasteiger partial charge in [0.05, 0.1) is 7.11 Å². The molecule has 0 spiro atoms. The first-order valence-electron chi connectivity index (χ1n) is 7.17. The minimum atomic E-state index is 0.306. The Morgan fingerprint density at radius 2 is 1.61 bits per heavy atom. The number of hydrogen-bond acceptors (Lipinski definition) is 5. The van der Waals surface area contributed by atoms with Crippen LogP contribution in [0.25, 0.3) is 11.3 Å². The van der Waals surface area contributed by atoms with E-state index >= 15 is 0 Å². The lowest BCUT2D eigenvalue weighted by Crippen LogP contribution is -2.00. The highest BCUT2D eigenvalue weighted by Gasteiger charge is 2.13. The molecule has 5 nitrogen and oxygen atoms in total. The Morgan fingerprint density at radius 1 is 0.913 bits per heavy atom. The van der Waals surface area contributed by atoms with Crippen molar-refractivity contribution in [2.75, 3.05) is 12.8 Å². The summed E-state index contributed by atoms with van der Waals surface area (Å²) in [5.41, 5.74) is 9.33. The molecule has 5 heteroatoms. The van der Waals surface area contributed by atoms with Crippen LogP contribution >= 0.6 is 0 Å². The quantitative estimate of drug-likeness (QED) is 0.793. The van der Waals surface area contributed by atoms with E-state index in [1.165, 1.54) is 11.9 Å². The number of aromatic nitrogens is 2. The third-order valence-electron chi connectivity index (χ3n) is 3.45. The van der Waals surface area contributed by atoms with Gasteiger partial charge in [-0.1, -0.05) is 42.0 Å². The maximum absolute atomic E-state index is 6.20. The standard InChI is InChI=1S/C18H17N3O2/c1-12-7-9-13(10-8-12)17-16(19)18(21-11-20-17)23-15-6-4-3-5-14(15)22-2/h3-11H,19H2,1-2H3. The predicted molar refractivity (Wildman–Crippen MR) is 89.7 cm³/mol. The molecule has 1 aromatic heterocycles. The molecule has 0 unspecified atom stereocenters. The van der Waals surface area contributed by atoms with Crippen LogP contribution in [-0.2, 0) is 0 Å². The van der Waals surface area contributed by atoms with Crippen LogP contribution in [0.15, 0.2) is 54.9 Å². The van der Waals surface area contributed by atoms with Crippen LogP contribution in [0.3, 0.4) is 0 Å². The number of ether oxygens (including phenoxy) is 2. The molecule has 0 saturated heterocycles. The molecule has 0 amide bonds. The van der Waals surface area contributed by atoms with E-state index in [9.17, 15) is 0 Å². The van der Waals surface area contributed by atoms with Crippen LogP contribution in [0.4, 0.5) is 5.69 Å². The van der Waals surface area contributed by atoms with Gasteiger partial charge in [0.15, 0.2) is 11.5 Å². The summed E-state index contributed by atoms with van der Waals surface area (Å²) >= 11 is 0. The maximum Gasteiger partial charge on any atom is 0.246 e. The average molecular weight is 307 g/mol. The summed E-state index contributed by atoms with van der Waals surface area (Å²) in [4.78, 5) is 8.41. The molecule has 0 atom stereocenters. The van der Waals surface area contributed by atoms with Crippen molar-refractivity contribution in [3.8, 4) is 28.6 Å². The first-order valence-corrected chi connectivity index (χ1v) is 7.17. The largest absolute Gasteiger partial charge is 0.493 e. The zero-order valence-corrected chi connectivity index (χ0v) is 13.0. The molecule has 2 aromatic carbocycles. The first-order chi connectivity index (χ1) is 11.2. The van der Waals surface area contributed by atoms with Gasteiger partial charge in [-0.05, 0) is 19.1 Å². The number of hydrogen-bond donors (Lipinski definition) is 1. The molecule has 2 N–H and O–H groups in total. The second-order valence-corrected chi connectivity index (χ2v) is 5.06. The van der Waals surface area contributed by atoms with Crippen LogP contribution in [0, 0.1) is 6.92 Å². The van der Waals surface area contributed by atoms with Crippen molar-refractivity contribution in [2.45, 2.75) is 6.92 Å². The number of nitrogens with two attached hydrogens (primary N) is 1. The van der Waals surface area contributed by atoms with Crippen molar-refractivity contribution in [1.29, 1.82) is 0 Å². The Hall–Kier alpha value is -3.08. The number of anilines is 1. The van der Waals surface area contributed by atoms with E-state index in [0.717, 1.165) is 5.56 Å². The minimum Gasteiger partial charge on any atom is -0.493 e. The summed E-state index contributed by atoms with van der Waals surface area (Å²) in [7, 11) is 1.59. The molecule has 0 aliphatic rings. The number of para-hydroxylation sites is 2. The fourth-order valence-electron chi connectivity index (χ4n) is 2.21. The lowest BCUT2D eigenvalue weighted by atomic mass is 10.1. The normalized spacial score (nSPS) is 10.3. The van der Waals surface area contributed by atoms with Gasteiger partial charge in [-0.25, -0.2) is 4.98 Å². The smallest absolute Gasteiger partial charge is 0.246 e. The zero-order valence-electron chi connectivity index (χ0n) is 13.0. The molecule has 0 bridgehead atoms. The Balaban J connectivity index is 1.98. The Bertz CT molecular complexity index is 817. The van der Waals surface area contributed by atoms with Gasteiger partial charge >= 0.3 is 0 Å². The van der Waals surface area contributed by atoms with Crippen molar-refractivity contribution in [1.82, 2.24) is 9.97 Å².